The average Bonchev–Trinajstić information content (AvgIpc) is 2.43. The van der Waals surface area contributed by atoms with Gasteiger partial charge in [0, 0.05) is 37.9 Å². The molecule has 1 aromatic rings. The zero-order chi connectivity index (χ0) is 14.3. The Labute approximate surface area is 116 Å². The summed E-state index contributed by atoms with van der Waals surface area (Å²) in [5.41, 5.74) is 7.40. The fourth-order valence-corrected chi connectivity index (χ4v) is 1.89. The zero-order valence-electron chi connectivity index (χ0n) is 12.1. The summed E-state index contributed by atoms with van der Waals surface area (Å²) in [5.74, 6) is -0.0461. The van der Waals surface area contributed by atoms with Gasteiger partial charge in [0.1, 0.15) is 0 Å². The molecular formula is C15H25N3O. The first-order valence-corrected chi connectivity index (χ1v) is 6.86. The molecule has 0 bridgehead atoms. The first-order valence-electron chi connectivity index (χ1n) is 6.86. The molecule has 4 nitrogen and oxygen atoms in total. The number of carbonyl (C=O) groups is 1. The van der Waals surface area contributed by atoms with E-state index in [-0.39, 0.29) is 11.9 Å². The Balaban J connectivity index is 2.68. The third-order valence-corrected chi connectivity index (χ3v) is 3.15. The van der Waals surface area contributed by atoms with Gasteiger partial charge >= 0.3 is 0 Å². The predicted molar refractivity (Wildman–Crippen MR) is 80.6 cm³/mol. The summed E-state index contributed by atoms with van der Waals surface area (Å²) < 4.78 is 0. The Kier molecular flexibility index (Phi) is 6.36. The predicted octanol–water partition coefficient (Wildman–Crippen LogP) is 2.00. The van der Waals surface area contributed by atoms with Gasteiger partial charge in [0.05, 0.1) is 0 Å². The number of nitrogens with two attached hydrogens (primary N) is 1. The van der Waals surface area contributed by atoms with Crippen molar-refractivity contribution >= 4 is 11.6 Å². The number of amides is 1. The molecule has 1 amide bonds. The first-order chi connectivity index (χ1) is 9.08. The number of hydrogen-bond acceptors (Lipinski definition) is 3. The highest BCUT2D eigenvalue weighted by Gasteiger charge is 2.12. The molecule has 1 atom stereocenters. The third-order valence-electron chi connectivity index (χ3n) is 3.15. The Bertz CT molecular complexity index is 404. The lowest BCUT2D eigenvalue weighted by atomic mass is 10.1. The first kappa shape index (κ1) is 15.5. The number of nitrogens with one attached hydrogen (secondary N) is 1. The van der Waals surface area contributed by atoms with Crippen LogP contribution in [0.1, 0.15) is 36.5 Å². The Morgan fingerprint density at radius 3 is 2.74 bits per heavy atom. The molecule has 0 aromatic heterocycles. The van der Waals surface area contributed by atoms with Crippen LogP contribution in [0.4, 0.5) is 5.69 Å². The fraction of sp³-hybridized carbons (Fsp3) is 0.533. The van der Waals surface area contributed by atoms with E-state index in [1.165, 1.54) is 0 Å². The SMILES string of the molecule is CCCCC(CN)NC(=O)c1cccc(N(C)C)c1. The fourth-order valence-electron chi connectivity index (χ4n) is 1.89. The van der Waals surface area contributed by atoms with Gasteiger partial charge in [-0.05, 0) is 24.6 Å². The molecule has 1 aromatic carbocycles. The maximum atomic E-state index is 12.2. The van der Waals surface area contributed by atoms with E-state index >= 15 is 0 Å². The number of rotatable bonds is 7. The largest absolute Gasteiger partial charge is 0.378 e. The van der Waals surface area contributed by atoms with Crippen molar-refractivity contribution in [2.24, 2.45) is 5.73 Å². The summed E-state index contributed by atoms with van der Waals surface area (Å²) in [6.07, 6.45) is 3.13. The second-order valence-electron chi connectivity index (χ2n) is 4.99. The summed E-state index contributed by atoms with van der Waals surface area (Å²) in [5, 5.41) is 3.00. The standard InChI is InChI=1S/C15H25N3O/c1-4-5-8-13(11-16)17-15(19)12-7-6-9-14(10-12)18(2)3/h6-7,9-10,13H,4-5,8,11,16H2,1-3H3,(H,17,19). The van der Waals surface area contributed by atoms with E-state index in [4.69, 9.17) is 5.73 Å². The maximum Gasteiger partial charge on any atom is 0.251 e. The molecule has 0 aliphatic rings. The minimum atomic E-state index is -0.0461. The normalized spacial score (nSPS) is 12.0. The van der Waals surface area contributed by atoms with Crippen molar-refractivity contribution < 1.29 is 4.79 Å². The van der Waals surface area contributed by atoms with Crippen LogP contribution in [0.25, 0.3) is 0 Å². The zero-order valence-corrected chi connectivity index (χ0v) is 12.1. The van der Waals surface area contributed by atoms with Crippen molar-refractivity contribution in [3.05, 3.63) is 29.8 Å². The van der Waals surface area contributed by atoms with Crippen molar-refractivity contribution in [2.45, 2.75) is 32.2 Å². The molecule has 1 unspecified atom stereocenters. The van der Waals surface area contributed by atoms with Crippen LogP contribution >= 0.6 is 0 Å². The second kappa shape index (κ2) is 7.79. The van der Waals surface area contributed by atoms with Gasteiger partial charge in [-0.25, -0.2) is 0 Å². The molecule has 0 aliphatic carbocycles. The highest BCUT2D eigenvalue weighted by molar-refractivity contribution is 5.95. The second-order valence-corrected chi connectivity index (χ2v) is 4.99. The molecule has 4 heteroatoms. The molecule has 106 valence electrons. The molecule has 0 aliphatic heterocycles. The molecule has 3 N–H and O–H groups in total. The number of nitrogens with zero attached hydrogens (tertiary/aromatic N) is 1. The van der Waals surface area contributed by atoms with E-state index in [1.807, 2.05) is 43.3 Å². The van der Waals surface area contributed by atoms with Crippen LogP contribution in [0, 0.1) is 0 Å². The van der Waals surface area contributed by atoms with Crippen molar-refractivity contribution in [1.29, 1.82) is 0 Å². The molecular weight excluding hydrogens is 238 g/mol. The molecule has 0 fully saturated rings. The van der Waals surface area contributed by atoms with Gasteiger partial charge in [-0.3, -0.25) is 4.79 Å². The van der Waals surface area contributed by atoms with Crippen molar-refractivity contribution in [2.75, 3.05) is 25.5 Å². The summed E-state index contributed by atoms with van der Waals surface area (Å²) >= 11 is 0. The van der Waals surface area contributed by atoms with E-state index in [0.29, 0.717) is 12.1 Å². The van der Waals surface area contributed by atoms with Crippen LogP contribution < -0.4 is 16.0 Å². The maximum absolute atomic E-state index is 12.2. The van der Waals surface area contributed by atoms with Crippen molar-refractivity contribution in [1.82, 2.24) is 5.32 Å². The summed E-state index contributed by atoms with van der Waals surface area (Å²) in [6, 6.07) is 7.66. The summed E-state index contributed by atoms with van der Waals surface area (Å²) in [4.78, 5) is 14.1. The van der Waals surface area contributed by atoms with Gasteiger partial charge in [0.25, 0.3) is 5.91 Å². The highest BCUT2D eigenvalue weighted by atomic mass is 16.1. The molecule has 0 heterocycles. The van der Waals surface area contributed by atoms with Crippen molar-refractivity contribution in [3.8, 4) is 0 Å². The molecule has 0 radical (unpaired) electrons. The number of carbonyl (C=O) groups excluding carboxylic acids is 1. The molecule has 0 saturated heterocycles. The Hall–Kier alpha value is -1.55. The Morgan fingerprint density at radius 2 is 2.16 bits per heavy atom. The van der Waals surface area contributed by atoms with Gasteiger partial charge in [-0.2, -0.15) is 0 Å². The number of hydrogen-bond donors (Lipinski definition) is 2. The van der Waals surface area contributed by atoms with Crippen LogP contribution in [0.2, 0.25) is 0 Å². The molecule has 19 heavy (non-hydrogen) atoms. The van der Waals surface area contributed by atoms with Crippen LogP contribution in [-0.2, 0) is 0 Å². The van der Waals surface area contributed by atoms with Crippen LogP contribution in [0.15, 0.2) is 24.3 Å². The lowest BCUT2D eigenvalue weighted by Crippen LogP contribution is -2.40. The lowest BCUT2D eigenvalue weighted by Gasteiger charge is -2.18. The van der Waals surface area contributed by atoms with E-state index in [2.05, 4.69) is 12.2 Å². The number of unbranched alkanes of at least 4 members (excludes halogenated alkanes) is 1. The summed E-state index contributed by atoms with van der Waals surface area (Å²) in [6.45, 7) is 2.62. The van der Waals surface area contributed by atoms with Gasteiger partial charge in [-0.1, -0.05) is 25.8 Å². The van der Waals surface area contributed by atoms with Crippen LogP contribution in [0.5, 0.6) is 0 Å². The van der Waals surface area contributed by atoms with Crippen LogP contribution in [0.3, 0.4) is 0 Å². The number of anilines is 1. The highest BCUT2D eigenvalue weighted by Crippen LogP contribution is 2.13. The quantitative estimate of drug-likeness (QED) is 0.791. The van der Waals surface area contributed by atoms with E-state index in [1.54, 1.807) is 0 Å². The molecule has 0 saturated carbocycles. The average molecular weight is 263 g/mol. The summed E-state index contributed by atoms with van der Waals surface area (Å²) in [7, 11) is 3.92. The van der Waals surface area contributed by atoms with Crippen LogP contribution in [-0.4, -0.2) is 32.6 Å². The van der Waals surface area contributed by atoms with E-state index < -0.39 is 0 Å². The third kappa shape index (κ3) is 4.91. The van der Waals surface area contributed by atoms with Gasteiger partial charge < -0.3 is 16.0 Å². The minimum Gasteiger partial charge on any atom is -0.378 e. The van der Waals surface area contributed by atoms with E-state index in [9.17, 15) is 4.79 Å². The van der Waals surface area contributed by atoms with Crippen molar-refractivity contribution in [3.63, 3.8) is 0 Å². The van der Waals surface area contributed by atoms with Gasteiger partial charge in [0.2, 0.25) is 0 Å². The monoisotopic (exact) mass is 263 g/mol. The lowest BCUT2D eigenvalue weighted by molar-refractivity contribution is 0.0936. The van der Waals surface area contributed by atoms with E-state index in [0.717, 1.165) is 24.9 Å². The smallest absolute Gasteiger partial charge is 0.251 e. The molecule has 0 spiro atoms. The van der Waals surface area contributed by atoms with Gasteiger partial charge in [0.15, 0.2) is 0 Å². The minimum absolute atomic E-state index is 0.0461. The number of benzene rings is 1. The topological polar surface area (TPSA) is 58.4 Å². The molecule has 1 rings (SSSR count). The van der Waals surface area contributed by atoms with Gasteiger partial charge in [-0.15, -0.1) is 0 Å². The Morgan fingerprint density at radius 1 is 1.42 bits per heavy atom.